The molecule has 2 N–H and O–H groups in total. The second kappa shape index (κ2) is 7.36. The van der Waals surface area contributed by atoms with Gasteiger partial charge in [-0.15, -0.1) is 0 Å². The fourth-order valence-electron chi connectivity index (χ4n) is 3.68. The molecule has 7 nitrogen and oxygen atoms in total. The lowest BCUT2D eigenvalue weighted by Crippen LogP contribution is -2.45. The van der Waals surface area contributed by atoms with E-state index >= 15 is 0 Å². The maximum absolute atomic E-state index is 12.4. The number of benzene rings is 1. The summed E-state index contributed by atoms with van der Waals surface area (Å²) in [5.41, 5.74) is 2.26. The molecule has 1 saturated heterocycles. The number of nitrogens with one attached hydrogen (secondary N) is 2. The third-order valence-electron chi connectivity index (χ3n) is 5.10. The molecule has 2 aliphatic rings. The van der Waals surface area contributed by atoms with Gasteiger partial charge < -0.3 is 15.5 Å². The van der Waals surface area contributed by atoms with Crippen molar-refractivity contribution >= 4 is 23.3 Å². The predicted octanol–water partition coefficient (Wildman–Crippen LogP) is 1.99. The van der Waals surface area contributed by atoms with Crippen LogP contribution < -0.4 is 15.5 Å². The van der Waals surface area contributed by atoms with Crippen LogP contribution in [0.25, 0.3) is 0 Å². The highest BCUT2D eigenvalue weighted by Crippen LogP contribution is 2.30. The van der Waals surface area contributed by atoms with E-state index in [0.29, 0.717) is 17.9 Å². The molecule has 2 aromatic rings. The van der Waals surface area contributed by atoms with E-state index < -0.39 is 0 Å². The van der Waals surface area contributed by atoms with Gasteiger partial charge in [0.25, 0.3) is 5.91 Å². The predicted molar refractivity (Wildman–Crippen MR) is 104 cm³/mol. The number of anilines is 2. The minimum absolute atomic E-state index is 0.00543. The molecule has 1 atom stereocenters. The van der Waals surface area contributed by atoms with Gasteiger partial charge in [-0.3, -0.25) is 14.5 Å². The summed E-state index contributed by atoms with van der Waals surface area (Å²) in [6, 6.07) is 11.1. The Bertz CT molecular complexity index is 846. The van der Waals surface area contributed by atoms with Crippen molar-refractivity contribution in [1.29, 1.82) is 0 Å². The zero-order valence-electron chi connectivity index (χ0n) is 15.3. The molecule has 3 heterocycles. The molecule has 2 amide bonds. The molecule has 1 unspecified atom stereocenters. The molecular formula is C20H23N5O2. The average molecular weight is 365 g/mol. The molecule has 0 spiro atoms. The smallest absolute Gasteiger partial charge is 0.256 e. The first-order valence-electron chi connectivity index (χ1n) is 9.23. The van der Waals surface area contributed by atoms with Crippen LogP contribution in [0.5, 0.6) is 0 Å². The molecule has 0 bridgehead atoms. The first-order valence-corrected chi connectivity index (χ1v) is 9.23. The fourth-order valence-corrected chi connectivity index (χ4v) is 3.68. The Balaban J connectivity index is 1.44. The van der Waals surface area contributed by atoms with E-state index in [2.05, 4.69) is 20.5 Å². The Morgan fingerprint density at radius 1 is 1.22 bits per heavy atom. The number of aromatic nitrogens is 1. The van der Waals surface area contributed by atoms with Crippen LogP contribution in [0.15, 0.2) is 42.6 Å². The number of pyridine rings is 1. The van der Waals surface area contributed by atoms with Gasteiger partial charge in [0, 0.05) is 18.9 Å². The summed E-state index contributed by atoms with van der Waals surface area (Å²) in [7, 11) is 1.90. The first kappa shape index (κ1) is 17.5. The zero-order valence-corrected chi connectivity index (χ0v) is 15.3. The Morgan fingerprint density at radius 3 is 2.70 bits per heavy atom. The van der Waals surface area contributed by atoms with Gasteiger partial charge >= 0.3 is 0 Å². The van der Waals surface area contributed by atoms with Crippen molar-refractivity contribution in [2.24, 2.45) is 0 Å². The van der Waals surface area contributed by atoms with Crippen molar-refractivity contribution in [1.82, 2.24) is 15.2 Å². The normalized spacial score (nSPS) is 19.5. The van der Waals surface area contributed by atoms with Crippen molar-refractivity contribution in [2.45, 2.75) is 19.0 Å². The Morgan fingerprint density at radius 2 is 1.96 bits per heavy atom. The van der Waals surface area contributed by atoms with Gasteiger partial charge in [0.05, 0.1) is 12.1 Å². The van der Waals surface area contributed by atoms with Crippen molar-refractivity contribution in [3.63, 3.8) is 0 Å². The van der Waals surface area contributed by atoms with Crippen LogP contribution in [0, 0.1) is 0 Å². The fraction of sp³-hybridized carbons (Fsp3) is 0.350. The van der Waals surface area contributed by atoms with E-state index in [1.807, 2.05) is 36.2 Å². The minimum atomic E-state index is -0.297. The van der Waals surface area contributed by atoms with Gasteiger partial charge in [-0.2, -0.15) is 0 Å². The Labute approximate surface area is 158 Å². The standard InChI is InChI=1S/C20H23N5O2/c1-24-18(23-20(27)16-5-4-10-21-19(16)24)14-6-8-15(9-7-14)22-17(26)13-25-11-2-3-12-25/h4-10,18H,2-3,11-13H2,1H3,(H,22,26)(H,23,27). The van der Waals surface area contributed by atoms with Crippen molar-refractivity contribution in [3.8, 4) is 0 Å². The number of fused-ring (bicyclic) bond motifs is 1. The van der Waals surface area contributed by atoms with Crippen LogP contribution in [0.4, 0.5) is 11.5 Å². The van der Waals surface area contributed by atoms with Gasteiger partial charge in [-0.1, -0.05) is 12.1 Å². The van der Waals surface area contributed by atoms with Crippen LogP contribution in [-0.4, -0.2) is 48.4 Å². The van der Waals surface area contributed by atoms with E-state index in [4.69, 9.17) is 0 Å². The number of hydrogen-bond donors (Lipinski definition) is 2. The number of likely N-dealkylation sites (tertiary alicyclic amines) is 1. The molecule has 27 heavy (non-hydrogen) atoms. The van der Waals surface area contributed by atoms with Crippen LogP contribution in [-0.2, 0) is 4.79 Å². The number of carbonyl (C=O) groups excluding carboxylic acids is 2. The molecule has 1 fully saturated rings. The summed E-state index contributed by atoms with van der Waals surface area (Å²) >= 11 is 0. The number of hydrogen-bond acceptors (Lipinski definition) is 5. The van der Waals surface area contributed by atoms with Gasteiger partial charge in [-0.05, 0) is 55.8 Å². The van der Waals surface area contributed by atoms with E-state index in [1.54, 1.807) is 18.3 Å². The highest BCUT2D eigenvalue weighted by atomic mass is 16.2. The molecule has 0 radical (unpaired) electrons. The maximum atomic E-state index is 12.4. The van der Waals surface area contributed by atoms with Crippen LogP contribution >= 0.6 is 0 Å². The maximum Gasteiger partial charge on any atom is 0.256 e. The van der Waals surface area contributed by atoms with E-state index in [-0.39, 0.29) is 18.0 Å². The number of rotatable bonds is 4. The lowest BCUT2D eigenvalue weighted by Gasteiger charge is -2.35. The van der Waals surface area contributed by atoms with Crippen molar-refractivity contribution in [3.05, 3.63) is 53.7 Å². The molecular weight excluding hydrogens is 342 g/mol. The molecule has 4 rings (SSSR count). The molecule has 0 saturated carbocycles. The summed E-state index contributed by atoms with van der Waals surface area (Å²) in [6.07, 6.45) is 3.72. The van der Waals surface area contributed by atoms with Gasteiger partial charge in [0.2, 0.25) is 5.91 Å². The molecule has 2 aliphatic heterocycles. The minimum Gasteiger partial charge on any atom is -0.335 e. The third-order valence-corrected chi connectivity index (χ3v) is 5.10. The molecule has 7 heteroatoms. The SMILES string of the molecule is CN1c2ncccc2C(=O)NC1c1ccc(NC(=O)CN2CCCC2)cc1. The summed E-state index contributed by atoms with van der Waals surface area (Å²) in [5, 5.41) is 5.94. The molecule has 0 aliphatic carbocycles. The topological polar surface area (TPSA) is 77.6 Å². The summed E-state index contributed by atoms with van der Waals surface area (Å²) in [5.74, 6) is 0.532. The van der Waals surface area contributed by atoms with Gasteiger partial charge in [0.15, 0.2) is 0 Å². The third kappa shape index (κ3) is 3.64. The lowest BCUT2D eigenvalue weighted by molar-refractivity contribution is -0.117. The molecule has 1 aromatic heterocycles. The van der Waals surface area contributed by atoms with E-state index in [0.717, 1.165) is 24.3 Å². The second-order valence-electron chi connectivity index (χ2n) is 7.01. The van der Waals surface area contributed by atoms with E-state index in [1.165, 1.54) is 12.8 Å². The van der Waals surface area contributed by atoms with E-state index in [9.17, 15) is 9.59 Å². The summed E-state index contributed by atoms with van der Waals surface area (Å²) < 4.78 is 0. The Kier molecular flexibility index (Phi) is 4.77. The van der Waals surface area contributed by atoms with Crippen molar-refractivity contribution < 1.29 is 9.59 Å². The quantitative estimate of drug-likeness (QED) is 0.867. The zero-order chi connectivity index (χ0) is 18.8. The highest BCUT2D eigenvalue weighted by molar-refractivity contribution is 6.01. The second-order valence-corrected chi connectivity index (χ2v) is 7.01. The van der Waals surface area contributed by atoms with Crippen LogP contribution in [0.1, 0.15) is 34.9 Å². The van der Waals surface area contributed by atoms with Crippen LogP contribution in [0.2, 0.25) is 0 Å². The first-order chi connectivity index (χ1) is 13.1. The largest absolute Gasteiger partial charge is 0.335 e. The highest BCUT2D eigenvalue weighted by Gasteiger charge is 2.30. The van der Waals surface area contributed by atoms with Gasteiger partial charge in [0.1, 0.15) is 12.0 Å². The number of carbonyl (C=O) groups is 2. The monoisotopic (exact) mass is 365 g/mol. The van der Waals surface area contributed by atoms with Crippen LogP contribution in [0.3, 0.4) is 0 Å². The Hall–Kier alpha value is -2.93. The summed E-state index contributed by atoms with van der Waals surface area (Å²) in [4.78, 5) is 33.0. The molecule has 1 aromatic carbocycles. The molecule has 140 valence electrons. The van der Waals surface area contributed by atoms with Crippen molar-refractivity contribution in [2.75, 3.05) is 36.9 Å². The number of nitrogens with zero attached hydrogens (tertiary/aromatic N) is 3. The average Bonchev–Trinajstić information content (AvgIpc) is 3.18. The summed E-state index contributed by atoms with van der Waals surface area (Å²) in [6.45, 7) is 2.43. The number of amides is 2. The lowest BCUT2D eigenvalue weighted by atomic mass is 10.1. The van der Waals surface area contributed by atoms with Gasteiger partial charge in [-0.25, -0.2) is 4.98 Å².